The van der Waals surface area contributed by atoms with Crippen LogP contribution < -0.4 is 9.04 Å². The Hall–Kier alpha value is -3.33. The Morgan fingerprint density at radius 3 is 2.45 bits per heavy atom. The van der Waals surface area contributed by atoms with Gasteiger partial charge >= 0.3 is 0 Å². The van der Waals surface area contributed by atoms with E-state index < -0.39 is 10.0 Å². The van der Waals surface area contributed by atoms with Gasteiger partial charge in [-0.05, 0) is 43.7 Å². The molecule has 0 fully saturated rings. The number of amides is 1. The molecule has 0 aliphatic carbocycles. The summed E-state index contributed by atoms with van der Waals surface area (Å²) in [6.45, 7) is 4.20. The molecule has 0 spiro atoms. The van der Waals surface area contributed by atoms with E-state index in [1.54, 1.807) is 55.5 Å². The second kappa shape index (κ2) is 9.65. The maximum absolute atomic E-state index is 13.6. The van der Waals surface area contributed by atoms with Gasteiger partial charge in [-0.2, -0.15) is 0 Å². The number of hydrogen-bond acceptors (Lipinski definition) is 6. The molecule has 3 aromatic rings. The molecule has 0 saturated heterocycles. The number of rotatable bonds is 9. The smallest absolute Gasteiger partial charge is 0.289 e. The maximum atomic E-state index is 13.6. The highest BCUT2D eigenvalue weighted by Crippen LogP contribution is 2.26. The van der Waals surface area contributed by atoms with Gasteiger partial charge in [0.15, 0.2) is 5.76 Å². The number of likely N-dealkylation sites (N-methyl/N-ethyl adjacent to an activating group) is 1. The highest BCUT2D eigenvalue weighted by atomic mass is 32.2. The zero-order valence-electron chi connectivity index (χ0n) is 17.7. The number of aromatic nitrogens is 1. The molecule has 9 heteroatoms. The number of nitrogens with zero attached hydrogens (tertiary/aromatic N) is 3. The highest BCUT2D eigenvalue weighted by molar-refractivity contribution is 7.92. The molecule has 2 aromatic heterocycles. The first kappa shape index (κ1) is 22.4. The summed E-state index contributed by atoms with van der Waals surface area (Å²) in [5.41, 5.74) is 1.01. The molecular formula is C22H25N3O5S. The Kier molecular flexibility index (Phi) is 6.96. The van der Waals surface area contributed by atoms with E-state index in [1.807, 2.05) is 6.92 Å². The number of ether oxygens (including phenoxy) is 1. The SMILES string of the molecule is CCN(CCN(c1ccc(OC)nc1)S(=O)(=O)c1ccccc1C)C(=O)c1ccco1. The number of furan rings is 1. The lowest BCUT2D eigenvalue weighted by Gasteiger charge is -2.28. The highest BCUT2D eigenvalue weighted by Gasteiger charge is 2.28. The summed E-state index contributed by atoms with van der Waals surface area (Å²) in [6, 6.07) is 13.2. The van der Waals surface area contributed by atoms with E-state index in [2.05, 4.69) is 4.98 Å². The average molecular weight is 444 g/mol. The van der Waals surface area contributed by atoms with Gasteiger partial charge in [0.05, 0.1) is 36.7 Å². The molecule has 1 aromatic carbocycles. The van der Waals surface area contributed by atoms with Crippen LogP contribution >= 0.6 is 0 Å². The molecule has 31 heavy (non-hydrogen) atoms. The van der Waals surface area contributed by atoms with E-state index in [-0.39, 0.29) is 29.7 Å². The second-order valence-electron chi connectivity index (χ2n) is 6.76. The number of benzene rings is 1. The molecule has 0 aliphatic rings. The predicted molar refractivity (Wildman–Crippen MR) is 117 cm³/mol. The normalized spacial score (nSPS) is 11.2. The first-order valence-corrected chi connectivity index (χ1v) is 11.2. The van der Waals surface area contributed by atoms with Crippen LogP contribution in [0.25, 0.3) is 0 Å². The zero-order chi connectivity index (χ0) is 22.4. The van der Waals surface area contributed by atoms with Crippen molar-refractivity contribution in [2.24, 2.45) is 0 Å². The lowest BCUT2D eigenvalue weighted by Crippen LogP contribution is -2.41. The minimum absolute atomic E-state index is 0.0466. The van der Waals surface area contributed by atoms with Crippen LogP contribution in [0, 0.1) is 6.92 Å². The van der Waals surface area contributed by atoms with Crippen LogP contribution in [0.5, 0.6) is 5.88 Å². The van der Waals surface area contributed by atoms with Crippen molar-refractivity contribution in [3.63, 3.8) is 0 Å². The quantitative estimate of drug-likeness (QED) is 0.504. The molecular weight excluding hydrogens is 418 g/mol. The Morgan fingerprint density at radius 2 is 1.87 bits per heavy atom. The Balaban J connectivity index is 1.94. The molecule has 1 amide bonds. The van der Waals surface area contributed by atoms with Crippen molar-refractivity contribution in [1.82, 2.24) is 9.88 Å². The fraction of sp³-hybridized carbons (Fsp3) is 0.273. The number of sulfonamides is 1. The third-order valence-electron chi connectivity index (χ3n) is 4.85. The van der Waals surface area contributed by atoms with Gasteiger partial charge in [0, 0.05) is 19.2 Å². The van der Waals surface area contributed by atoms with Crippen LogP contribution in [0.15, 0.2) is 70.3 Å². The number of carbonyl (C=O) groups excluding carboxylic acids is 1. The van der Waals surface area contributed by atoms with Gasteiger partial charge in [-0.15, -0.1) is 0 Å². The van der Waals surface area contributed by atoms with Crippen LogP contribution in [0.2, 0.25) is 0 Å². The van der Waals surface area contributed by atoms with Crippen molar-refractivity contribution in [2.75, 3.05) is 31.0 Å². The zero-order valence-corrected chi connectivity index (χ0v) is 18.5. The van der Waals surface area contributed by atoms with Crippen LogP contribution in [0.3, 0.4) is 0 Å². The average Bonchev–Trinajstić information content (AvgIpc) is 3.31. The molecule has 2 heterocycles. The Morgan fingerprint density at radius 1 is 1.10 bits per heavy atom. The number of anilines is 1. The molecule has 0 unspecified atom stereocenters. The molecule has 164 valence electrons. The first-order valence-electron chi connectivity index (χ1n) is 9.79. The molecule has 0 radical (unpaired) electrons. The standard InChI is InChI=1S/C22H25N3O5S/c1-4-24(22(26)19-9-7-15-30-19)13-14-25(18-11-12-21(29-3)23-16-18)31(27,28)20-10-6-5-8-17(20)2/h5-12,15-16H,4,13-14H2,1-3H3. The van der Waals surface area contributed by atoms with Gasteiger partial charge in [0.2, 0.25) is 5.88 Å². The van der Waals surface area contributed by atoms with Gasteiger partial charge in [0.25, 0.3) is 15.9 Å². The minimum atomic E-state index is -3.90. The number of hydrogen-bond donors (Lipinski definition) is 0. The van der Waals surface area contributed by atoms with Crippen molar-refractivity contribution in [3.8, 4) is 5.88 Å². The van der Waals surface area contributed by atoms with Gasteiger partial charge in [-0.25, -0.2) is 13.4 Å². The summed E-state index contributed by atoms with van der Waals surface area (Å²) in [4.78, 5) is 18.6. The number of pyridine rings is 1. The van der Waals surface area contributed by atoms with Crippen molar-refractivity contribution in [2.45, 2.75) is 18.7 Å². The van der Waals surface area contributed by atoms with E-state index in [0.29, 0.717) is 23.7 Å². The molecule has 0 aliphatic heterocycles. The number of methoxy groups -OCH3 is 1. The number of carbonyl (C=O) groups is 1. The van der Waals surface area contributed by atoms with Crippen molar-refractivity contribution in [1.29, 1.82) is 0 Å². The fourth-order valence-corrected chi connectivity index (χ4v) is 4.83. The lowest BCUT2D eigenvalue weighted by molar-refractivity contribution is 0.0737. The summed E-state index contributed by atoms with van der Waals surface area (Å²) < 4.78 is 38.7. The maximum Gasteiger partial charge on any atom is 0.289 e. The second-order valence-corrected chi connectivity index (χ2v) is 8.59. The molecule has 0 saturated carbocycles. The molecule has 0 bridgehead atoms. The third-order valence-corrected chi connectivity index (χ3v) is 6.84. The summed E-state index contributed by atoms with van der Waals surface area (Å²) in [5.74, 6) is 0.287. The Bertz CT molecular complexity index is 1110. The van der Waals surface area contributed by atoms with Crippen LogP contribution in [-0.4, -0.2) is 51.0 Å². The topological polar surface area (TPSA) is 93.0 Å². The molecule has 3 rings (SSSR count). The van der Waals surface area contributed by atoms with Gasteiger partial charge < -0.3 is 14.1 Å². The largest absolute Gasteiger partial charge is 0.481 e. The van der Waals surface area contributed by atoms with Crippen molar-refractivity contribution in [3.05, 3.63) is 72.3 Å². The molecule has 8 nitrogen and oxygen atoms in total. The van der Waals surface area contributed by atoms with E-state index in [1.165, 1.54) is 28.8 Å². The first-order chi connectivity index (χ1) is 14.9. The third kappa shape index (κ3) is 4.88. The van der Waals surface area contributed by atoms with E-state index in [9.17, 15) is 13.2 Å². The summed E-state index contributed by atoms with van der Waals surface area (Å²) >= 11 is 0. The van der Waals surface area contributed by atoms with Crippen LogP contribution in [-0.2, 0) is 10.0 Å². The molecule has 0 N–H and O–H groups in total. The van der Waals surface area contributed by atoms with E-state index >= 15 is 0 Å². The summed E-state index contributed by atoms with van der Waals surface area (Å²) in [5, 5.41) is 0. The van der Waals surface area contributed by atoms with Crippen molar-refractivity contribution < 1.29 is 22.4 Å². The van der Waals surface area contributed by atoms with E-state index in [0.717, 1.165) is 0 Å². The predicted octanol–water partition coefficient (Wildman–Crippen LogP) is 3.35. The van der Waals surface area contributed by atoms with Gasteiger partial charge in [0.1, 0.15) is 0 Å². The lowest BCUT2D eigenvalue weighted by atomic mass is 10.2. The Labute approximate surface area is 182 Å². The monoisotopic (exact) mass is 443 g/mol. The van der Waals surface area contributed by atoms with E-state index in [4.69, 9.17) is 9.15 Å². The van der Waals surface area contributed by atoms with Crippen LogP contribution in [0.4, 0.5) is 5.69 Å². The van der Waals surface area contributed by atoms with Gasteiger partial charge in [-0.3, -0.25) is 9.10 Å². The molecule has 0 atom stereocenters. The minimum Gasteiger partial charge on any atom is -0.481 e. The summed E-state index contributed by atoms with van der Waals surface area (Å²) in [7, 11) is -2.41. The summed E-state index contributed by atoms with van der Waals surface area (Å²) in [6.07, 6.45) is 2.87. The van der Waals surface area contributed by atoms with Crippen molar-refractivity contribution >= 4 is 21.6 Å². The van der Waals surface area contributed by atoms with Crippen LogP contribution in [0.1, 0.15) is 23.0 Å². The number of aryl methyl sites for hydroxylation is 1. The fourth-order valence-electron chi connectivity index (χ4n) is 3.16. The van der Waals surface area contributed by atoms with Gasteiger partial charge in [-0.1, -0.05) is 18.2 Å².